The molecule has 9 heteroatoms. The fraction of sp³-hybridized carbons (Fsp3) is 0.590. The quantitative estimate of drug-likeness (QED) is 0.255. The van der Waals surface area contributed by atoms with Crippen LogP contribution >= 0.6 is 11.6 Å². The van der Waals surface area contributed by atoms with Gasteiger partial charge in [-0.2, -0.15) is 0 Å². The van der Waals surface area contributed by atoms with E-state index in [1.807, 2.05) is 25.2 Å². The summed E-state index contributed by atoms with van der Waals surface area (Å²) in [5.74, 6) is 0.249. The summed E-state index contributed by atoms with van der Waals surface area (Å²) in [6.45, 7) is 14.3. The van der Waals surface area contributed by atoms with Crippen LogP contribution in [0.4, 0.5) is 5.69 Å². The lowest BCUT2D eigenvalue weighted by Crippen LogP contribution is -2.50. The van der Waals surface area contributed by atoms with Crippen LogP contribution in [0.1, 0.15) is 88.3 Å². The number of nitrogens with zero attached hydrogens (tertiary/aromatic N) is 2. The number of amides is 1. The number of rotatable bonds is 4. The van der Waals surface area contributed by atoms with Crippen molar-refractivity contribution in [1.82, 2.24) is 4.90 Å². The molecule has 2 heterocycles. The number of halogens is 1. The van der Waals surface area contributed by atoms with Crippen molar-refractivity contribution in [1.29, 1.82) is 0 Å². The fourth-order valence-electron chi connectivity index (χ4n) is 7.04. The molecule has 0 spiro atoms. The first kappa shape index (κ1) is 36.5. The lowest BCUT2D eigenvalue weighted by molar-refractivity contribution is -0.137. The largest absolute Gasteiger partial charge is 0.487 e. The molecule has 5 rings (SSSR count). The number of ether oxygens (including phenoxy) is 1. The van der Waals surface area contributed by atoms with Crippen LogP contribution in [0.15, 0.2) is 48.6 Å². The molecule has 0 radical (unpaired) electrons. The molecule has 3 aliphatic rings. The van der Waals surface area contributed by atoms with E-state index in [2.05, 4.69) is 69.1 Å². The topological polar surface area (TPSA) is 79.3 Å². The molecule has 262 valence electrons. The summed E-state index contributed by atoms with van der Waals surface area (Å²) in [5.41, 5.74) is 4.20. The number of carboxylic acids is 1. The standard InChI is InChI=1S/C39H55ClN2O5Si/c1-39(2,3)48(5,6)47-35-12-8-9-19-41(4)37(43)23-31(24-38(44)45)28-15-18-36-34(22-28)42(25-29-14-17-33(29)35)20-10-7-11-27-21-32(40)16-13-30(27)26-46-36/h8,12-13,15-16,18,21-22,29,31,33,35H,7,9-11,14,17,19-20,23-26H2,1-6H3,(H,44,45)/b12-8+/t29-,31-,33+,35-/m0/s1. The summed E-state index contributed by atoms with van der Waals surface area (Å²) >= 11 is 6.40. The normalized spacial score (nSPS) is 25.1. The number of carbonyl (C=O) groups is 2. The predicted octanol–water partition coefficient (Wildman–Crippen LogP) is 8.85. The minimum Gasteiger partial charge on any atom is -0.487 e. The first-order chi connectivity index (χ1) is 22.7. The van der Waals surface area contributed by atoms with E-state index in [1.54, 1.807) is 4.90 Å². The van der Waals surface area contributed by atoms with Gasteiger partial charge in [-0.25, -0.2) is 0 Å². The molecule has 2 aromatic rings. The average molecular weight is 695 g/mol. The zero-order chi connectivity index (χ0) is 34.6. The van der Waals surface area contributed by atoms with Gasteiger partial charge in [0, 0.05) is 44.0 Å². The number of aliphatic carboxylic acids is 1. The summed E-state index contributed by atoms with van der Waals surface area (Å²) in [5, 5.41) is 10.7. The Labute approximate surface area is 293 Å². The Morgan fingerprint density at radius 2 is 1.88 bits per heavy atom. The molecule has 1 amide bonds. The highest BCUT2D eigenvalue weighted by Gasteiger charge is 2.44. The highest BCUT2D eigenvalue weighted by Crippen LogP contribution is 2.45. The fourth-order valence-corrected chi connectivity index (χ4v) is 8.52. The molecule has 48 heavy (non-hydrogen) atoms. The third kappa shape index (κ3) is 8.85. The molecule has 1 saturated carbocycles. The molecule has 1 N–H and O–H groups in total. The van der Waals surface area contributed by atoms with Crippen LogP contribution < -0.4 is 9.64 Å². The van der Waals surface area contributed by atoms with E-state index in [4.69, 9.17) is 20.8 Å². The molecule has 1 fully saturated rings. The average Bonchev–Trinajstić information content (AvgIpc) is 3.02. The third-order valence-electron chi connectivity index (χ3n) is 11.3. The van der Waals surface area contributed by atoms with E-state index >= 15 is 0 Å². The number of anilines is 1. The molecule has 2 aromatic carbocycles. The van der Waals surface area contributed by atoms with Crippen molar-refractivity contribution in [3.05, 3.63) is 70.3 Å². The van der Waals surface area contributed by atoms with E-state index in [0.717, 1.165) is 79.2 Å². The Morgan fingerprint density at radius 1 is 1.08 bits per heavy atom. The van der Waals surface area contributed by atoms with Crippen LogP contribution in [-0.2, 0) is 27.0 Å². The Hall–Kier alpha value is -2.81. The van der Waals surface area contributed by atoms with Gasteiger partial charge in [-0.1, -0.05) is 56.7 Å². The Morgan fingerprint density at radius 3 is 2.58 bits per heavy atom. The molecule has 7 nitrogen and oxygen atoms in total. The summed E-state index contributed by atoms with van der Waals surface area (Å²) in [7, 11) is -0.228. The molecular weight excluding hydrogens is 640 g/mol. The molecular formula is C39H55ClN2O5Si. The molecule has 0 aromatic heterocycles. The van der Waals surface area contributed by atoms with E-state index < -0.39 is 20.2 Å². The van der Waals surface area contributed by atoms with Gasteiger partial charge in [-0.05, 0) is 109 Å². The van der Waals surface area contributed by atoms with Gasteiger partial charge in [0.2, 0.25) is 5.91 Å². The van der Waals surface area contributed by atoms with Gasteiger partial charge in [-0.3, -0.25) is 9.59 Å². The summed E-state index contributed by atoms with van der Waals surface area (Å²) in [4.78, 5) is 29.7. The van der Waals surface area contributed by atoms with Crippen LogP contribution in [0, 0.1) is 11.8 Å². The number of fused-ring (bicyclic) bond motifs is 3. The third-order valence-corrected chi connectivity index (χ3v) is 16.0. The van der Waals surface area contributed by atoms with E-state index in [9.17, 15) is 14.7 Å². The van der Waals surface area contributed by atoms with Crippen molar-refractivity contribution in [3.8, 4) is 5.75 Å². The number of carboxylic acid groups (broad SMARTS) is 1. The lowest BCUT2D eigenvalue weighted by Gasteiger charge is -2.47. The van der Waals surface area contributed by atoms with Crippen molar-refractivity contribution in [2.24, 2.45) is 11.8 Å². The first-order valence-electron chi connectivity index (χ1n) is 17.8. The highest BCUT2D eigenvalue weighted by molar-refractivity contribution is 6.74. The van der Waals surface area contributed by atoms with Crippen molar-refractivity contribution in [2.75, 3.05) is 31.6 Å². The maximum absolute atomic E-state index is 13.5. The molecule has 0 unspecified atom stereocenters. The van der Waals surface area contributed by atoms with Crippen molar-refractivity contribution in [3.63, 3.8) is 0 Å². The predicted molar refractivity (Wildman–Crippen MR) is 197 cm³/mol. The molecule has 2 aliphatic heterocycles. The number of benzene rings is 2. The van der Waals surface area contributed by atoms with Gasteiger partial charge >= 0.3 is 5.97 Å². The van der Waals surface area contributed by atoms with Crippen LogP contribution in [0.5, 0.6) is 5.75 Å². The second kappa shape index (κ2) is 15.4. The minimum absolute atomic E-state index is 0.0312. The van der Waals surface area contributed by atoms with Crippen LogP contribution in [-0.4, -0.2) is 63.0 Å². The summed E-state index contributed by atoms with van der Waals surface area (Å²) < 4.78 is 13.7. The monoisotopic (exact) mass is 694 g/mol. The second-order valence-electron chi connectivity index (χ2n) is 15.7. The molecule has 4 atom stereocenters. The van der Waals surface area contributed by atoms with Crippen LogP contribution in [0.25, 0.3) is 0 Å². The smallest absolute Gasteiger partial charge is 0.303 e. The molecule has 0 saturated heterocycles. The first-order valence-corrected chi connectivity index (χ1v) is 21.1. The van der Waals surface area contributed by atoms with Crippen molar-refractivity contribution < 1.29 is 23.9 Å². The minimum atomic E-state index is -2.05. The molecule has 1 aliphatic carbocycles. The van der Waals surface area contributed by atoms with Crippen molar-refractivity contribution >= 4 is 37.5 Å². The second-order valence-corrected chi connectivity index (χ2v) is 20.9. The van der Waals surface area contributed by atoms with Gasteiger partial charge < -0.3 is 24.1 Å². The van der Waals surface area contributed by atoms with Gasteiger partial charge in [-0.15, -0.1) is 0 Å². The Balaban J connectivity index is 1.55. The number of carbonyl (C=O) groups excluding carboxylic acids is 1. The lowest BCUT2D eigenvalue weighted by atomic mass is 9.70. The zero-order valence-corrected chi connectivity index (χ0v) is 31.5. The van der Waals surface area contributed by atoms with E-state index in [0.29, 0.717) is 25.0 Å². The maximum Gasteiger partial charge on any atom is 0.303 e. The number of hydrogen-bond acceptors (Lipinski definition) is 5. The summed E-state index contributed by atoms with van der Waals surface area (Å²) in [6.07, 6.45) is 10.5. The van der Waals surface area contributed by atoms with Crippen LogP contribution in [0.2, 0.25) is 23.2 Å². The SMILES string of the molecule is CN1CC/C=C/[C@H](O[Si](C)(C)C(C)(C)C)[C@@H]2CC[C@H]2CN2CCCCc3cc(Cl)ccc3COc3ccc(cc32)[C@H](CC(=O)O)CC1=O. The number of hydrogen-bond donors (Lipinski definition) is 1. The maximum atomic E-state index is 13.5. The van der Waals surface area contributed by atoms with Gasteiger partial charge in [0.1, 0.15) is 12.4 Å². The van der Waals surface area contributed by atoms with Crippen molar-refractivity contribution in [2.45, 2.75) is 109 Å². The zero-order valence-electron chi connectivity index (χ0n) is 29.8. The van der Waals surface area contributed by atoms with Gasteiger partial charge in [0.05, 0.1) is 18.2 Å². The number of aryl methyl sites for hydroxylation is 1. The summed E-state index contributed by atoms with van der Waals surface area (Å²) in [6, 6.07) is 12.1. The Bertz CT molecular complexity index is 1490. The Kier molecular flexibility index (Phi) is 11.7. The van der Waals surface area contributed by atoms with E-state index in [-0.39, 0.29) is 29.9 Å². The van der Waals surface area contributed by atoms with Crippen LogP contribution in [0.3, 0.4) is 0 Å². The highest BCUT2D eigenvalue weighted by atomic mass is 35.5. The van der Waals surface area contributed by atoms with Gasteiger partial charge in [0.25, 0.3) is 0 Å². The van der Waals surface area contributed by atoms with Gasteiger partial charge in [0.15, 0.2) is 8.32 Å². The van der Waals surface area contributed by atoms with E-state index in [1.165, 1.54) is 5.56 Å². The molecule has 2 bridgehead atoms.